The number of hydrogen-bond acceptors (Lipinski definition) is 5. The van der Waals surface area contributed by atoms with Crippen LogP contribution in [-0.4, -0.2) is 40.3 Å². The Labute approximate surface area is 158 Å². The molecule has 144 valence electrons. The van der Waals surface area contributed by atoms with Gasteiger partial charge in [-0.2, -0.15) is 0 Å². The van der Waals surface area contributed by atoms with E-state index in [1.807, 2.05) is 31.2 Å². The van der Waals surface area contributed by atoms with Crippen LogP contribution in [0.3, 0.4) is 0 Å². The summed E-state index contributed by atoms with van der Waals surface area (Å²) in [7, 11) is -3.41. The van der Waals surface area contributed by atoms with Gasteiger partial charge in [0.25, 0.3) is 0 Å². The topological polar surface area (TPSA) is 84.9 Å². The van der Waals surface area contributed by atoms with Gasteiger partial charge < -0.3 is 14.8 Å². The number of anilines is 2. The normalized spacial score (nSPS) is 13.5. The summed E-state index contributed by atoms with van der Waals surface area (Å²) in [5, 5.41) is 2.81. The average molecular weight is 390 g/mol. The van der Waals surface area contributed by atoms with Gasteiger partial charge in [-0.1, -0.05) is 12.1 Å². The fourth-order valence-electron chi connectivity index (χ4n) is 2.88. The molecule has 0 aliphatic carbocycles. The first-order valence-corrected chi connectivity index (χ1v) is 10.5. The second kappa shape index (κ2) is 7.87. The molecule has 0 unspecified atom stereocenters. The van der Waals surface area contributed by atoms with Crippen molar-refractivity contribution in [1.29, 1.82) is 0 Å². The molecule has 0 bridgehead atoms. The summed E-state index contributed by atoms with van der Waals surface area (Å²) < 4.78 is 36.1. The largest absolute Gasteiger partial charge is 0.494 e. The minimum Gasteiger partial charge on any atom is -0.494 e. The molecule has 0 spiro atoms. The van der Waals surface area contributed by atoms with E-state index in [1.54, 1.807) is 18.2 Å². The molecule has 0 atom stereocenters. The lowest BCUT2D eigenvalue weighted by molar-refractivity contribution is -0.115. The Kier molecular flexibility index (Phi) is 5.55. The van der Waals surface area contributed by atoms with Crippen LogP contribution in [0.5, 0.6) is 11.5 Å². The number of fused-ring (bicyclic) bond motifs is 1. The highest BCUT2D eigenvalue weighted by Gasteiger charge is 2.25. The van der Waals surface area contributed by atoms with Crippen molar-refractivity contribution in [3.8, 4) is 11.5 Å². The number of hydrogen-bond donors (Lipinski definition) is 1. The summed E-state index contributed by atoms with van der Waals surface area (Å²) in [6.45, 7) is 3.04. The SMILES string of the molecule is CCOc1ccc(CC(=O)Nc2ccc3c(c2)N(S(C)(=O)=O)CCO3)cc1. The molecule has 8 heteroatoms. The highest BCUT2D eigenvalue weighted by molar-refractivity contribution is 7.92. The second-order valence-corrected chi connectivity index (χ2v) is 8.07. The van der Waals surface area contributed by atoms with Crippen LogP contribution in [0, 0.1) is 0 Å². The maximum Gasteiger partial charge on any atom is 0.232 e. The molecule has 2 aromatic rings. The van der Waals surface area contributed by atoms with Gasteiger partial charge in [0, 0.05) is 5.69 Å². The fraction of sp³-hybridized carbons (Fsp3) is 0.316. The molecule has 1 N–H and O–H groups in total. The highest BCUT2D eigenvalue weighted by atomic mass is 32.2. The van der Waals surface area contributed by atoms with Crippen LogP contribution in [0.4, 0.5) is 11.4 Å². The summed E-state index contributed by atoms with van der Waals surface area (Å²) >= 11 is 0. The van der Waals surface area contributed by atoms with E-state index < -0.39 is 10.0 Å². The first-order valence-electron chi connectivity index (χ1n) is 8.63. The average Bonchev–Trinajstić information content (AvgIpc) is 2.62. The van der Waals surface area contributed by atoms with Crippen LogP contribution in [0.15, 0.2) is 42.5 Å². The molecule has 0 radical (unpaired) electrons. The molecule has 27 heavy (non-hydrogen) atoms. The zero-order valence-electron chi connectivity index (χ0n) is 15.3. The van der Waals surface area contributed by atoms with E-state index in [4.69, 9.17) is 9.47 Å². The summed E-state index contributed by atoms with van der Waals surface area (Å²) in [5.74, 6) is 1.05. The van der Waals surface area contributed by atoms with Crippen molar-refractivity contribution in [3.05, 3.63) is 48.0 Å². The molecule has 1 aliphatic heterocycles. The Balaban J connectivity index is 1.71. The summed E-state index contributed by atoms with van der Waals surface area (Å²) in [5.41, 5.74) is 1.81. The number of rotatable bonds is 6. The van der Waals surface area contributed by atoms with Crippen LogP contribution >= 0.6 is 0 Å². The monoisotopic (exact) mass is 390 g/mol. The first kappa shape index (κ1) is 19.0. The van der Waals surface area contributed by atoms with Gasteiger partial charge in [0.1, 0.15) is 18.1 Å². The van der Waals surface area contributed by atoms with Crippen molar-refractivity contribution in [2.24, 2.45) is 0 Å². The van der Waals surface area contributed by atoms with Crippen LogP contribution in [0.1, 0.15) is 12.5 Å². The van der Waals surface area contributed by atoms with Gasteiger partial charge in [-0.25, -0.2) is 8.42 Å². The highest BCUT2D eigenvalue weighted by Crippen LogP contribution is 2.35. The third-order valence-corrected chi connectivity index (χ3v) is 5.24. The molecule has 0 saturated carbocycles. The van der Waals surface area contributed by atoms with E-state index in [2.05, 4.69) is 5.32 Å². The number of ether oxygens (including phenoxy) is 2. The predicted molar refractivity (Wildman–Crippen MR) is 104 cm³/mol. The van der Waals surface area contributed by atoms with E-state index in [0.29, 0.717) is 30.3 Å². The first-order chi connectivity index (χ1) is 12.9. The number of amides is 1. The van der Waals surface area contributed by atoms with Gasteiger partial charge in [0.05, 0.1) is 31.5 Å². The molecule has 2 aromatic carbocycles. The zero-order chi connectivity index (χ0) is 19.4. The van der Waals surface area contributed by atoms with E-state index in [-0.39, 0.29) is 18.9 Å². The molecule has 0 saturated heterocycles. The standard InChI is InChI=1S/C19H22N2O5S/c1-3-25-16-7-4-14(5-8-16)12-19(22)20-15-6-9-18-17(13-15)21(10-11-26-18)27(2,23)24/h4-9,13H,3,10-12H2,1-2H3,(H,20,22). The number of carbonyl (C=O) groups excluding carboxylic acids is 1. The van der Waals surface area contributed by atoms with Gasteiger partial charge >= 0.3 is 0 Å². The lowest BCUT2D eigenvalue weighted by Gasteiger charge is -2.29. The van der Waals surface area contributed by atoms with Gasteiger partial charge in [-0.15, -0.1) is 0 Å². The quantitative estimate of drug-likeness (QED) is 0.819. The van der Waals surface area contributed by atoms with Crippen molar-refractivity contribution in [2.45, 2.75) is 13.3 Å². The second-order valence-electron chi connectivity index (χ2n) is 6.17. The summed E-state index contributed by atoms with van der Waals surface area (Å²) in [6.07, 6.45) is 1.36. The number of benzene rings is 2. The van der Waals surface area contributed by atoms with Crippen LogP contribution in [0.2, 0.25) is 0 Å². The molecule has 3 rings (SSSR count). The zero-order valence-corrected chi connectivity index (χ0v) is 16.1. The van der Waals surface area contributed by atoms with Crippen LogP contribution in [-0.2, 0) is 21.2 Å². The third-order valence-electron chi connectivity index (χ3n) is 4.06. The molecular weight excluding hydrogens is 368 g/mol. The van der Waals surface area contributed by atoms with Gasteiger partial charge in [0.15, 0.2) is 0 Å². The van der Waals surface area contributed by atoms with Crippen molar-refractivity contribution in [2.75, 3.05) is 35.6 Å². The fourth-order valence-corrected chi connectivity index (χ4v) is 3.78. The van der Waals surface area contributed by atoms with Crippen LogP contribution in [0.25, 0.3) is 0 Å². The maximum absolute atomic E-state index is 12.3. The Morgan fingerprint density at radius 3 is 2.63 bits per heavy atom. The molecule has 0 fully saturated rings. The Hall–Kier alpha value is -2.74. The maximum atomic E-state index is 12.3. The van der Waals surface area contributed by atoms with E-state index in [0.717, 1.165) is 17.6 Å². The molecule has 1 heterocycles. The minimum absolute atomic E-state index is 0.193. The Morgan fingerprint density at radius 1 is 1.22 bits per heavy atom. The number of nitrogens with one attached hydrogen (secondary N) is 1. The van der Waals surface area contributed by atoms with E-state index >= 15 is 0 Å². The van der Waals surface area contributed by atoms with Crippen LogP contribution < -0.4 is 19.1 Å². The van der Waals surface area contributed by atoms with Gasteiger partial charge in [0.2, 0.25) is 15.9 Å². The third kappa shape index (κ3) is 4.71. The molecule has 1 amide bonds. The number of carbonyl (C=O) groups is 1. The summed E-state index contributed by atoms with van der Waals surface area (Å²) in [4.78, 5) is 12.3. The van der Waals surface area contributed by atoms with Gasteiger partial charge in [-0.05, 0) is 42.8 Å². The smallest absolute Gasteiger partial charge is 0.232 e. The molecule has 7 nitrogen and oxygen atoms in total. The number of sulfonamides is 1. The van der Waals surface area contributed by atoms with Crippen molar-refractivity contribution < 1.29 is 22.7 Å². The van der Waals surface area contributed by atoms with Crippen molar-refractivity contribution >= 4 is 27.3 Å². The Morgan fingerprint density at radius 2 is 1.96 bits per heavy atom. The minimum atomic E-state index is -3.41. The van der Waals surface area contributed by atoms with E-state index in [9.17, 15) is 13.2 Å². The predicted octanol–water partition coefficient (Wildman–Crippen LogP) is 2.42. The summed E-state index contributed by atoms with van der Waals surface area (Å²) in [6, 6.07) is 12.3. The Bertz CT molecular complexity index is 926. The molecule has 1 aliphatic rings. The molecular formula is C19H22N2O5S. The lowest BCUT2D eigenvalue weighted by atomic mass is 10.1. The van der Waals surface area contributed by atoms with Crippen molar-refractivity contribution in [1.82, 2.24) is 0 Å². The van der Waals surface area contributed by atoms with Gasteiger partial charge in [-0.3, -0.25) is 9.10 Å². The lowest BCUT2D eigenvalue weighted by Crippen LogP contribution is -2.37. The number of nitrogens with zero attached hydrogens (tertiary/aromatic N) is 1. The molecule has 0 aromatic heterocycles. The van der Waals surface area contributed by atoms with Crippen molar-refractivity contribution in [3.63, 3.8) is 0 Å². The van der Waals surface area contributed by atoms with E-state index in [1.165, 1.54) is 4.31 Å².